The third-order valence-corrected chi connectivity index (χ3v) is 2.88. The smallest absolute Gasteiger partial charge is 0.218 e. The Hall–Kier alpha value is -0.970. The fraction of sp³-hybridized carbons (Fsp3) is 0.636. The molecule has 1 atom stereocenters. The van der Waals surface area contributed by atoms with Gasteiger partial charge in [-0.05, 0) is 19.6 Å². The molecule has 0 bridgehead atoms. The van der Waals surface area contributed by atoms with Crippen LogP contribution in [0.3, 0.4) is 0 Å². The van der Waals surface area contributed by atoms with Crippen molar-refractivity contribution in [1.82, 2.24) is 9.97 Å². The molecule has 0 fully saturated rings. The highest BCUT2D eigenvalue weighted by Gasteiger charge is 2.06. The number of thioether (sulfide) groups is 1. The van der Waals surface area contributed by atoms with Crippen molar-refractivity contribution in [1.29, 1.82) is 0 Å². The average molecular weight is 241 g/mol. The Bertz CT molecular complexity index is 309. The van der Waals surface area contributed by atoms with Crippen LogP contribution in [0, 0.1) is 0 Å². The molecule has 5 heteroatoms. The summed E-state index contributed by atoms with van der Waals surface area (Å²) in [7, 11) is 0. The molecule has 4 nitrogen and oxygen atoms in total. The zero-order chi connectivity index (χ0) is 11.8. The van der Waals surface area contributed by atoms with E-state index in [4.69, 9.17) is 4.74 Å². The van der Waals surface area contributed by atoms with Gasteiger partial charge >= 0.3 is 0 Å². The molecule has 0 spiro atoms. The van der Waals surface area contributed by atoms with E-state index in [2.05, 4.69) is 28.5 Å². The van der Waals surface area contributed by atoms with Crippen LogP contribution in [0.1, 0.15) is 20.3 Å². The van der Waals surface area contributed by atoms with Crippen LogP contribution >= 0.6 is 11.8 Å². The number of anilines is 1. The third-order valence-electron chi connectivity index (χ3n) is 2.15. The fourth-order valence-corrected chi connectivity index (χ4v) is 2.04. The number of hydrogen-bond acceptors (Lipinski definition) is 5. The normalized spacial score (nSPS) is 12.2. The first-order chi connectivity index (χ1) is 7.80. The second kappa shape index (κ2) is 7.33. The summed E-state index contributed by atoms with van der Waals surface area (Å²) in [6.07, 6.45) is 4.71. The predicted octanol–water partition coefficient (Wildman–Crippen LogP) is 2.43. The highest BCUT2D eigenvalue weighted by molar-refractivity contribution is 7.98. The molecule has 1 N–H and O–H groups in total. The molecule has 1 aromatic heterocycles. The predicted molar refractivity (Wildman–Crippen MR) is 69.3 cm³/mol. The van der Waals surface area contributed by atoms with Crippen LogP contribution in [-0.2, 0) is 0 Å². The van der Waals surface area contributed by atoms with Gasteiger partial charge in [-0.3, -0.25) is 0 Å². The van der Waals surface area contributed by atoms with Gasteiger partial charge in [-0.2, -0.15) is 11.8 Å². The molecule has 1 aromatic rings. The van der Waals surface area contributed by atoms with E-state index in [-0.39, 0.29) is 0 Å². The summed E-state index contributed by atoms with van der Waals surface area (Å²) in [6, 6.07) is 2.28. The largest absolute Gasteiger partial charge is 0.478 e. The lowest BCUT2D eigenvalue weighted by Gasteiger charge is -2.16. The number of aromatic nitrogens is 2. The Kier molecular flexibility index (Phi) is 6.00. The Morgan fingerprint density at radius 1 is 1.44 bits per heavy atom. The first kappa shape index (κ1) is 13.1. The fourth-order valence-electron chi connectivity index (χ4n) is 1.32. The second-order valence-electron chi connectivity index (χ2n) is 3.38. The van der Waals surface area contributed by atoms with Crippen LogP contribution < -0.4 is 10.1 Å². The molecule has 0 aromatic carbocycles. The van der Waals surface area contributed by atoms with Gasteiger partial charge in [0.1, 0.15) is 12.1 Å². The lowest BCUT2D eigenvalue weighted by Crippen LogP contribution is -2.21. The number of nitrogens with one attached hydrogen (secondary N) is 1. The monoisotopic (exact) mass is 241 g/mol. The second-order valence-corrected chi connectivity index (χ2v) is 4.29. The van der Waals surface area contributed by atoms with Crippen LogP contribution in [-0.4, -0.2) is 34.6 Å². The van der Waals surface area contributed by atoms with Gasteiger partial charge in [0.25, 0.3) is 0 Å². The average Bonchev–Trinajstić information content (AvgIpc) is 2.29. The molecule has 0 amide bonds. The molecule has 0 aliphatic rings. The van der Waals surface area contributed by atoms with Crippen molar-refractivity contribution in [3.63, 3.8) is 0 Å². The van der Waals surface area contributed by atoms with Gasteiger partial charge in [-0.15, -0.1) is 0 Å². The minimum absolute atomic E-state index is 0.444. The van der Waals surface area contributed by atoms with Crippen molar-refractivity contribution >= 4 is 17.6 Å². The Morgan fingerprint density at radius 3 is 2.88 bits per heavy atom. The van der Waals surface area contributed by atoms with Crippen LogP contribution in [0.5, 0.6) is 5.88 Å². The van der Waals surface area contributed by atoms with E-state index in [0.717, 1.165) is 18.0 Å². The first-order valence-corrected chi connectivity index (χ1v) is 6.89. The zero-order valence-corrected chi connectivity index (χ0v) is 10.9. The number of rotatable bonds is 7. The van der Waals surface area contributed by atoms with Gasteiger partial charge in [0.2, 0.25) is 5.88 Å². The highest BCUT2D eigenvalue weighted by Crippen LogP contribution is 2.14. The highest BCUT2D eigenvalue weighted by atomic mass is 32.2. The summed E-state index contributed by atoms with van der Waals surface area (Å²) in [4.78, 5) is 8.21. The summed E-state index contributed by atoms with van der Waals surface area (Å²) < 4.78 is 5.33. The maximum atomic E-state index is 5.33. The van der Waals surface area contributed by atoms with E-state index in [1.807, 2.05) is 24.8 Å². The minimum Gasteiger partial charge on any atom is -0.478 e. The van der Waals surface area contributed by atoms with Crippen molar-refractivity contribution in [2.24, 2.45) is 0 Å². The maximum Gasteiger partial charge on any atom is 0.218 e. The van der Waals surface area contributed by atoms with Crippen LogP contribution in [0.4, 0.5) is 5.82 Å². The Morgan fingerprint density at radius 2 is 2.25 bits per heavy atom. The molecular formula is C11H19N3OS. The molecule has 90 valence electrons. The molecule has 0 aliphatic heterocycles. The number of hydrogen-bond donors (Lipinski definition) is 1. The molecule has 0 saturated heterocycles. The lowest BCUT2D eigenvalue weighted by molar-refractivity contribution is 0.326. The van der Waals surface area contributed by atoms with Crippen molar-refractivity contribution in [3.05, 3.63) is 12.4 Å². The molecule has 16 heavy (non-hydrogen) atoms. The third kappa shape index (κ3) is 4.26. The van der Waals surface area contributed by atoms with Gasteiger partial charge in [-0.25, -0.2) is 9.97 Å². The molecule has 0 saturated carbocycles. The van der Waals surface area contributed by atoms with Gasteiger partial charge in [-0.1, -0.05) is 6.92 Å². The summed E-state index contributed by atoms with van der Waals surface area (Å²) in [5, 5.41) is 3.38. The number of nitrogens with zero attached hydrogens (tertiary/aromatic N) is 2. The van der Waals surface area contributed by atoms with Crippen molar-refractivity contribution in [3.8, 4) is 5.88 Å². The minimum atomic E-state index is 0.444. The lowest BCUT2D eigenvalue weighted by atomic mass is 10.2. The summed E-state index contributed by atoms with van der Waals surface area (Å²) in [5.74, 6) is 2.53. The van der Waals surface area contributed by atoms with Crippen LogP contribution in [0.2, 0.25) is 0 Å². The van der Waals surface area contributed by atoms with E-state index in [1.54, 1.807) is 0 Å². The molecule has 0 aliphatic carbocycles. The van der Waals surface area contributed by atoms with E-state index in [1.165, 1.54) is 6.33 Å². The van der Waals surface area contributed by atoms with Crippen molar-refractivity contribution in [2.75, 3.05) is 23.9 Å². The standard InChI is InChI=1S/C11H19N3OS/c1-4-9(7-16-3)14-10-6-11(15-5-2)13-8-12-10/h6,8-9H,4-5,7H2,1-3H3,(H,12,13,14). The Labute approximate surface area is 101 Å². The first-order valence-electron chi connectivity index (χ1n) is 5.50. The SMILES string of the molecule is CCOc1cc(NC(CC)CSC)ncn1. The van der Waals surface area contributed by atoms with Crippen molar-refractivity contribution < 1.29 is 4.74 Å². The quantitative estimate of drug-likeness (QED) is 0.794. The van der Waals surface area contributed by atoms with E-state index >= 15 is 0 Å². The summed E-state index contributed by atoms with van der Waals surface area (Å²) >= 11 is 1.83. The van der Waals surface area contributed by atoms with E-state index < -0.39 is 0 Å². The topological polar surface area (TPSA) is 47.0 Å². The van der Waals surface area contributed by atoms with Crippen LogP contribution in [0.15, 0.2) is 12.4 Å². The van der Waals surface area contributed by atoms with E-state index in [9.17, 15) is 0 Å². The van der Waals surface area contributed by atoms with Gasteiger partial charge in [0.05, 0.1) is 6.61 Å². The van der Waals surface area contributed by atoms with Crippen LogP contribution in [0.25, 0.3) is 0 Å². The summed E-state index contributed by atoms with van der Waals surface area (Å²) in [6.45, 7) is 4.73. The molecular weight excluding hydrogens is 222 g/mol. The molecule has 1 rings (SSSR count). The van der Waals surface area contributed by atoms with Gasteiger partial charge < -0.3 is 10.1 Å². The maximum absolute atomic E-state index is 5.33. The molecule has 0 radical (unpaired) electrons. The van der Waals surface area contributed by atoms with Gasteiger partial charge in [0, 0.05) is 17.9 Å². The zero-order valence-electron chi connectivity index (χ0n) is 10.1. The summed E-state index contributed by atoms with van der Waals surface area (Å²) in [5.41, 5.74) is 0. The molecule has 1 unspecified atom stereocenters. The number of ether oxygens (including phenoxy) is 1. The Balaban J connectivity index is 2.60. The van der Waals surface area contributed by atoms with Crippen molar-refractivity contribution in [2.45, 2.75) is 26.3 Å². The van der Waals surface area contributed by atoms with Gasteiger partial charge in [0.15, 0.2) is 0 Å². The molecule has 1 heterocycles. The van der Waals surface area contributed by atoms with E-state index in [0.29, 0.717) is 18.5 Å².